The van der Waals surface area contributed by atoms with Crippen molar-refractivity contribution in [2.24, 2.45) is 0 Å². The highest BCUT2D eigenvalue weighted by Gasteiger charge is 0.977. The monoisotopic (exact) mass is 980 g/mol. The molecular formula is C64H210. The third-order valence-corrected chi connectivity index (χ3v) is 0. The summed E-state index contributed by atoms with van der Waals surface area (Å²) in [5.41, 5.74) is 0. The highest BCUT2D eigenvalue weighted by Crippen LogP contribution is 1.19. The van der Waals surface area contributed by atoms with Gasteiger partial charge in [0.05, 0.1) is 0 Å². The lowest BCUT2D eigenvalue weighted by molar-refractivity contribution is 1.50. The quantitative estimate of drug-likeness (QED) is 0.227. The van der Waals surface area contributed by atoms with Crippen LogP contribution in [0.1, 0.15) is 452 Å². The van der Waals surface area contributed by atoms with Crippen molar-refractivity contribution in [3.05, 3.63) is 0 Å². The molecule has 0 N–H and O–H groups in total. The van der Waals surface area contributed by atoms with Crippen LogP contribution in [0, 0.1) is 0 Å². The van der Waals surface area contributed by atoms with Gasteiger partial charge < -0.3 is 0 Å². The van der Waals surface area contributed by atoms with Crippen LogP contribution >= 0.6 is 0 Å². The van der Waals surface area contributed by atoms with E-state index in [1.54, 1.807) is 0 Å². The van der Waals surface area contributed by atoms with Gasteiger partial charge in [-0.2, -0.15) is 0 Å². The lowest BCUT2D eigenvalue weighted by atomic mass is 11.0. The molecule has 0 fully saturated rings. The molecule has 0 amide bonds. The van der Waals surface area contributed by atoms with E-state index >= 15 is 0 Å². The van der Waals surface area contributed by atoms with Crippen molar-refractivity contribution in [3.63, 3.8) is 0 Å². The fraction of sp³-hybridized carbons (Fsp3) is 1.00. The largest absolute Gasteiger partial charge is 0.0776 e. The number of rotatable bonds is 0. The second kappa shape index (κ2) is 0. The van der Waals surface area contributed by atoms with E-state index in [2.05, 4.69) is 0 Å². The Balaban J connectivity index is -0.00000000219. The molecule has 0 saturated heterocycles. The zero-order chi connectivity index (χ0) is 46.0. The van der Waals surface area contributed by atoms with E-state index in [0.29, 0.717) is 0 Å². The Hall–Kier alpha value is 0. The van der Waals surface area contributed by atoms with Gasteiger partial charge in [-0.15, -0.1) is 0 Å². The van der Waals surface area contributed by atoms with Gasteiger partial charge in [-0.25, -0.2) is 0 Å². The van der Waals surface area contributed by atoms with Crippen LogP contribution in [0.5, 0.6) is 0 Å². The Morgan fingerprint density at radius 2 is 0.0469 bits per heavy atom. The molecule has 0 heteroatoms. The Bertz CT molecular complexity index is 0. The summed E-state index contributed by atoms with van der Waals surface area (Å²) in [6, 6.07) is 0. The van der Waals surface area contributed by atoms with Crippen molar-refractivity contribution in [1.29, 1.82) is 0 Å². The van der Waals surface area contributed by atoms with Crippen LogP contribution in [-0.2, 0) is 0 Å². The van der Waals surface area contributed by atoms with Gasteiger partial charge in [-0.3, -0.25) is 0 Å². The van der Waals surface area contributed by atoms with E-state index in [0.717, 1.165) is 0 Å². The van der Waals surface area contributed by atoms with E-state index in [1.807, 2.05) is 318 Å². The molecule has 0 saturated carbocycles. The van der Waals surface area contributed by atoms with Crippen LogP contribution < -0.4 is 0 Å². The molecule has 64 heavy (non-hydrogen) atoms. The summed E-state index contributed by atoms with van der Waals surface area (Å²) in [5.74, 6) is 0. The smallest absolute Gasteiger partial charge is 0.0683 e. The third-order valence-electron chi connectivity index (χ3n) is 0. The highest BCUT2D eigenvalue weighted by atomic mass is 13.1. The molecule has 466 valence electrons. The molecule has 0 rings (SSSR count). The lowest BCUT2D eigenvalue weighted by Gasteiger charge is -1.07. The highest BCUT2D eigenvalue weighted by molar-refractivity contribution is 3.55. The van der Waals surface area contributed by atoms with Gasteiger partial charge in [0.1, 0.15) is 0 Å². The molecule has 0 aromatic rings. The maximum atomic E-state index is 2.00. The zero-order valence-corrected chi connectivity index (χ0v) is 46.0. The van der Waals surface area contributed by atoms with Gasteiger partial charge in [0.25, 0.3) is 0 Å². The van der Waals surface area contributed by atoms with E-state index in [-0.39, 0.29) is 134 Å². The summed E-state index contributed by atoms with van der Waals surface area (Å²) in [6.07, 6.45) is 0. The van der Waals surface area contributed by atoms with Gasteiger partial charge in [-0.1, -0.05) is 452 Å². The maximum Gasteiger partial charge on any atom is -0.0683 e. The molecule has 0 bridgehead atoms. The SMILES string of the molecule is C.C.C.C.C.C.C.C.C.C.C.C.C.C.C.C.C.C.CC.CC.CC.CC.CC.CC.CC.CC.CC.CC.CC.CC.CC.CC.CC.CC.CC.CC.CC.CC.CC.CC.CC. The molecule has 0 nitrogen and oxygen atoms in total. The summed E-state index contributed by atoms with van der Waals surface area (Å²) in [7, 11) is 0. The molecule has 0 unspecified atom stereocenters. The first-order valence-electron chi connectivity index (χ1n) is 23.0. The van der Waals surface area contributed by atoms with Gasteiger partial charge in [0.15, 0.2) is 0 Å². The topological polar surface area (TPSA) is 0 Å². The Morgan fingerprint density at radius 3 is 0.0469 bits per heavy atom. The fourth-order valence-corrected chi connectivity index (χ4v) is 0. The standard InChI is InChI=1S/23C2H6.18CH4/c23*1-2;;;;;;;;;;;;;;;;;;/h23*1-2H3;18*1H4. The van der Waals surface area contributed by atoms with E-state index in [4.69, 9.17) is 0 Å². The number of hydrogen-bond acceptors (Lipinski definition) is 0. The summed E-state index contributed by atoms with van der Waals surface area (Å²) < 4.78 is 0. The molecule has 0 atom stereocenters. The van der Waals surface area contributed by atoms with E-state index in [1.165, 1.54) is 0 Å². The van der Waals surface area contributed by atoms with Crippen molar-refractivity contribution in [1.82, 2.24) is 0 Å². The van der Waals surface area contributed by atoms with Gasteiger partial charge >= 0.3 is 0 Å². The Labute approximate surface area is 450 Å². The average molecular weight is 980 g/mol. The van der Waals surface area contributed by atoms with Crippen LogP contribution in [0.15, 0.2) is 0 Å². The predicted molar refractivity (Wildman–Crippen MR) is 382 cm³/mol. The predicted octanol–water partition coefficient (Wildman–Crippen LogP) is 35.1. The normalized spacial score (nSPS) is 2.16. The maximum absolute atomic E-state index is 2.00. The summed E-state index contributed by atoms with van der Waals surface area (Å²) in [4.78, 5) is 0. The van der Waals surface area contributed by atoms with Crippen molar-refractivity contribution >= 4 is 0 Å². The second-order valence-corrected chi connectivity index (χ2v) is 0. The molecule has 0 radical (unpaired) electrons. The summed E-state index contributed by atoms with van der Waals surface area (Å²) >= 11 is 0. The minimum Gasteiger partial charge on any atom is -0.0776 e. The Kier molecular flexibility index (Phi) is 0. The molecule has 0 heterocycles. The van der Waals surface area contributed by atoms with E-state index < -0.39 is 0 Å². The minimum atomic E-state index is 0. The van der Waals surface area contributed by atoms with Crippen LogP contribution in [0.2, 0.25) is 0 Å². The van der Waals surface area contributed by atoms with E-state index in [9.17, 15) is 0 Å². The first-order chi connectivity index (χ1) is 23.0. The van der Waals surface area contributed by atoms with Crippen molar-refractivity contribution < 1.29 is 0 Å². The fourth-order valence-electron chi connectivity index (χ4n) is 0. The van der Waals surface area contributed by atoms with Crippen LogP contribution in [0.25, 0.3) is 0 Å². The van der Waals surface area contributed by atoms with Crippen LogP contribution in [0.4, 0.5) is 0 Å². The van der Waals surface area contributed by atoms with Crippen LogP contribution in [-0.4, -0.2) is 0 Å². The number of hydrogen-bond donors (Lipinski definition) is 0. The van der Waals surface area contributed by atoms with Gasteiger partial charge in [0, 0.05) is 0 Å². The van der Waals surface area contributed by atoms with Crippen LogP contribution in [0.3, 0.4) is 0 Å². The molecule has 0 aliphatic carbocycles. The van der Waals surface area contributed by atoms with Crippen molar-refractivity contribution in [3.8, 4) is 0 Å². The third kappa shape index (κ3) is 0. The molecule has 0 aliphatic heterocycles. The molecular weight excluding hydrogens is 769 g/mol. The van der Waals surface area contributed by atoms with Crippen molar-refractivity contribution in [2.45, 2.75) is 452 Å². The zero-order valence-electron chi connectivity index (χ0n) is 46.0. The van der Waals surface area contributed by atoms with Gasteiger partial charge in [-0.05, 0) is 0 Å². The summed E-state index contributed by atoms with van der Waals surface area (Å²) in [5, 5.41) is 0. The first kappa shape index (κ1) is 480. The average Bonchev–Trinajstić information content (AvgIpc) is 3.31. The Morgan fingerprint density at radius 1 is 0.0469 bits per heavy atom. The first-order valence-corrected chi connectivity index (χ1v) is 23.0. The summed E-state index contributed by atoms with van der Waals surface area (Å²) in [6.45, 7) is 92.0. The lowest BCUT2D eigenvalue weighted by Crippen LogP contribution is -0.856. The molecule has 0 aromatic heterocycles. The second-order valence-electron chi connectivity index (χ2n) is 0. The molecule has 0 aromatic carbocycles. The van der Waals surface area contributed by atoms with Crippen molar-refractivity contribution in [2.75, 3.05) is 0 Å². The molecule has 0 spiro atoms. The minimum absolute atomic E-state index is 0. The van der Waals surface area contributed by atoms with Gasteiger partial charge in [0.2, 0.25) is 0 Å². The molecule has 0 aliphatic rings.